The summed E-state index contributed by atoms with van der Waals surface area (Å²) < 4.78 is 8.99. The average Bonchev–Trinajstić information content (AvgIpc) is 1.56. The second-order valence-corrected chi connectivity index (χ2v) is 3.45. The van der Waals surface area contributed by atoms with Crippen LogP contribution in [0.3, 0.4) is 0 Å². The quantitative estimate of drug-likeness (QED) is 0.582. The molecular formula is C4H8Cl3O4P. The minimum atomic E-state index is -4.64. The molecule has 4 nitrogen and oxygen atoms in total. The molecule has 0 aliphatic heterocycles. The zero-order chi connectivity index (χ0) is 10.8. The van der Waals surface area contributed by atoms with Gasteiger partial charge in [0.05, 0.1) is 4.49 Å². The summed E-state index contributed by atoms with van der Waals surface area (Å²) >= 11 is 14.5. The molecule has 12 heavy (non-hydrogen) atoms. The van der Waals surface area contributed by atoms with E-state index in [0.29, 0.717) is 0 Å². The van der Waals surface area contributed by atoms with Crippen LogP contribution in [0.1, 0.15) is 0 Å². The predicted molar refractivity (Wildman–Crippen MR) is 51.2 cm³/mol. The molecule has 0 saturated heterocycles. The van der Waals surface area contributed by atoms with Gasteiger partial charge < -0.3 is 14.7 Å². The van der Waals surface area contributed by atoms with E-state index in [-0.39, 0.29) is 4.49 Å². The molecule has 0 unspecified atom stereocenters. The van der Waals surface area contributed by atoms with Gasteiger partial charge in [0.15, 0.2) is 0 Å². The Morgan fingerprint density at radius 1 is 1.33 bits per heavy atom. The molecule has 8 heteroatoms. The van der Waals surface area contributed by atoms with Gasteiger partial charge in [-0.15, -0.1) is 0 Å². The zero-order valence-electron chi connectivity index (χ0n) is 5.82. The van der Waals surface area contributed by atoms with E-state index in [1.165, 1.54) is 5.54 Å². The van der Waals surface area contributed by atoms with Crippen molar-refractivity contribution < 1.29 is 19.2 Å². The van der Waals surface area contributed by atoms with Crippen LogP contribution in [-0.4, -0.2) is 14.7 Å². The Kier molecular flexibility index (Phi) is 17.5. The van der Waals surface area contributed by atoms with Crippen molar-refractivity contribution in [3.05, 3.63) is 23.2 Å². The zero-order valence-corrected chi connectivity index (χ0v) is 8.98. The maximum absolute atomic E-state index is 8.88. The summed E-state index contributed by atoms with van der Waals surface area (Å²) in [6, 6.07) is 0. The SMILES string of the molecule is C=C(Cl)Cl.C=CCl.O=P(O)(O)O. The third-order valence-electron chi connectivity index (χ3n) is 0. The smallest absolute Gasteiger partial charge is 0.303 e. The van der Waals surface area contributed by atoms with Crippen molar-refractivity contribution in [2.45, 2.75) is 0 Å². The molecule has 0 bridgehead atoms. The lowest BCUT2D eigenvalue weighted by Gasteiger charge is -1.82. The van der Waals surface area contributed by atoms with Crippen molar-refractivity contribution in [3.63, 3.8) is 0 Å². The Balaban J connectivity index is -0.000000105. The highest BCUT2D eigenvalue weighted by Crippen LogP contribution is 2.25. The number of phosphoric acid groups is 1. The van der Waals surface area contributed by atoms with Gasteiger partial charge in [-0.05, 0) is 5.54 Å². The minimum absolute atomic E-state index is 0.111. The van der Waals surface area contributed by atoms with Crippen molar-refractivity contribution in [1.29, 1.82) is 0 Å². The summed E-state index contributed by atoms with van der Waals surface area (Å²) in [4.78, 5) is 21.6. The summed E-state index contributed by atoms with van der Waals surface area (Å²) in [6.07, 6.45) is 0. The Morgan fingerprint density at radius 2 is 1.33 bits per heavy atom. The molecule has 0 rings (SSSR count). The Bertz CT molecular complexity index is 153. The molecule has 0 aromatic rings. The highest BCUT2D eigenvalue weighted by atomic mass is 35.5. The van der Waals surface area contributed by atoms with E-state index in [2.05, 4.69) is 13.2 Å². The van der Waals surface area contributed by atoms with E-state index in [1.54, 1.807) is 0 Å². The number of hydrogen-bond donors (Lipinski definition) is 3. The second kappa shape index (κ2) is 11.5. The van der Waals surface area contributed by atoms with E-state index in [1.807, 2.05) is 0 Å². The standard InChI is InChI=1S/C2H2Cl2.C2H3Cl.H3O4P/c1-2(3)4;1-2-3;1-5(2,3)4/h1H2;2H,1H2;(H3,1,2,3,4). The molecule has 0 heterocycles. The fourth-order valence-electron chi connectivity index (χ4n) is 0. The minimum Gasteiger partial charge on any atom is -0.303 e. The molecule has 0 aliphatic carbocycles. The van der Waals surface area contributed by atoms with E-state index in [0.717, 1.165) is 0 Å². The lowest BCUT2D eigenvalue weighted by molar-refractivity contribution is 0.275. The largest absolute Gasteiger partial charge is 0.466 e. The monoisotopic (exact) mass is 256 g/mol. The van der Waals surface area contributed by atoms with Crippen LogP contribution < -0.4 is 0 Å². The van der Waals surface area contributed by atoms with E-state index in [9.17, 15) is 0 Å². The first-order valence-corrected chi connectivity index (χ1v) is 4.90. The maximum atomic E-state index is 8.88. The van der Waals surface area contributed by atoms with Crippen molar-refractivity contribution in [2.75, 3.05) is 0 Å². The summed E-state index contributed by atoms with van der Waals surface area (Å²) in [5.74, 6) is 0. The Morgan fingerprint density at radius 3 is 1.33 bits per heavy atom. The molecule has 0 aromatic carbocycles. The van der Waals surface area contributed by atoms with Crippen LogP contribution >= 0.6 is 42.6 Å². The topological polar surface area (TPSA) is 77.8 Å². The first-order chi connectivity index (χ1) is 5.15. The van der Waals surface area contributed by atoms with Gasteiger partial charge in [0.2, 0.25) is 0 Å². The first-order valence-electron chi connectivity index (χ1n) is 2.14. The van der Waals surface area contributed by atoms with Gasteiger partial charge in [-0.2, -0.15) is 0 Å². The lowest BCUT2D eigenvalue weighted by atomic mass is 11.3. The third-order valence-corrected chi connectivity index (χ3v) is 0. The molecule has 0 amide bonds. The molecule has 0 radical (unpaired) electrons. The van der Waals surface area contributed by atoms with Crippen LogP contribution in [0.15, 0.2) is 23.2 Å². The molecule has 0 saturated carbocycles. The van der Waals surface area contributed by atoms with Crippen LogP contribution in [-0.2, 0) is 4.57 Å². The van der Waals surface area contributed by atoms with Gasteiger partial charge in [0.25, 0.3) is 0 Å². The van der Waals surface area contributed by atoms with Crippen molar-refractivity contribution >= 4 is 42.6 Å². The van der Waals surface area contributed by atoms with Gasteiger partial charge in [-0.25, -0.2) is 4.57 Å². The van der Waals surface area contributed by atoms with E-state index >= 15 is 0 Å². The lowest BCUT2D eigenvalue weighted by Crippen LogP contribution is -1.66. The normalized spacial score (nSPS) is 8.17. The fraction of sp³-hybridized carbons (Fsp3) is 0. The molecule has 0 atom stereocenters. The summed E-state index contributed by atoms with van der Waals surface area (Å²) in [6.45, 7) is 6.21. The molecule has 0 spiro atoms. The van der Waals surface area contributed by atoms with Crippen molar-refractivity contribution in [2.24, 2.45) is 0 Å². The Hall–Kier alpha value is 0.460. The van der Waals surface area contributed by atoms with Gasteiger partial charge in [0.1, 0.15) is 0 Å². The number of rotatable bonds is 0. The van der Waals surface area contributed by atoms with Crippen LogP contribution in [0, 0.1) is 0 Å². The molecular weight excluding hydrogens is 249 g/mol. The highest BCUT2D eigenvalue weighted by Gasteiger charge is 2.00. The molecule has 0 fully saturated rings. The van der Waals surface area contributed by atoms with Crippen LogP contribution in [0.4, 0.5) is 0 Å². The van der Waals surface area contributed by atoms with E-state index < -0.39 is 7.82 Å². The fourth-order valence-corrected chi connectivity index (χ4v) is 0. The van der Waals surface area contributed by atoms with Gasteiger partial charge in [0, 0.05) is 0 Å². The maximum Gasteiger partial charge on any atom is 0.466 e. The number of halogens is 3. The van der Waals surface area contributed by atoms with Crippen LogP contribution in [0.2, 0.25) is 0 Å². The molecule has 3 N–H and O–H groups in total. The van der Waals surface area contributed by atoms with Gasteiger partial charge in [-0.3, -0.25) is 0 Å². The predicted octanol–water partition coefficient (Wildman–Crippen LogP) is 2.38. The Labute approximate surface area is 85.3 Å². The van der Waals surface area contributed by atoms with Crippen molar-refractivity contribution in [3.8, 4) is 0 Å². The first kappa shape index (κ1) is 18.3. The molecule has 74 valence electrons. The van der Waals surface area contributed by atoms with Gasteiger partial charge in [-0.1, -0.05) is 48.0 Å². The van der Waals surface area contributed by atoms with Crippen LogP contribution in [0.25, 0.3) is 0 Å². The average molecular weight is 257 g/mol. The van der Waals surface area contributed by atoms with Crippen molar-refractivity contribution in [1.82, 2.24) is 0 Å². The highest BCUT2D eigenvalue weighted by molar-refractivity contribution is 7.45. The summed E-state index contributed by atoms with van der Waals surface area (Å²) in [5, 5.41) is 0. The van der Waals surface area contributed by atoms with Gasteiger partial charge >= 0.3 is 7.82 Å². The second-order valence-electron chi connectivity index (χ2n) is 1.01. The number of hydrogen-bond acceptors (Lipinski definition) is 1. The summed E-state index contributed by atoms with van der Waals surface area (Å²) in [5.41, 5.74) is 1.22. The third kappa shape index (κ3) is 4420. The van der Waals surface area contributed by atoms with Crippen LogP contribution in [0.5, 0.6) is 0 Å². The van der Waals surface area contributed by atoms with E-state index in [4.69, 9.17) is 54.0 Å². The summed E-state index contributed by atoms with van der Waals surface area (Å²) in [7, 11) is -4.64. The molecule has 0 aliphatic rings. The molecule has 0 aromatic heterocycles.